The Labute approximate surface area is 155 Å². The van der Waals surface area contributed by atoms with Gasteiger partial charge in [-0.25, -0.2) is 13.6 Å². The minimum atomic E-state index is -3.79. The third kappa shape index (κ3) is 4.61. The molecular formula is C18H17N3O3S2. The molecule has 0 fully saturated rings. The summed E-state index contributed by atoms with van der Waals surface area (Å²) in [4.78, 5) is 16.8. The van der Waals surface area contributed by atoms with E-state index in [1.807, 2.05) is 24.3 Å². The van der Waals surface area contributed by atoms with Crippen molar-refractivity contribution < 1.29 is 13.2 Å². The summed E-state index contributed by atoms with van der Waals surface area (Å²) < 4.78 is 22.7. The van der Waals surface area contributed by atoms with Crippen LogP contribution < -0.4 is 10.5 Å². The number of aromatic nitrogens is 1. The first-order valence-electron chi connectivity index (χ1n) is 7.79. The third-order valence-corrected chi connectivity index (χ3v) is 6.05. The molecular weight excluding hydrogens is 370 g/mol. The zero-order valence-corrected chi connectivity index (χ0v) is 15.4. The molecule has 0 spiro atoms. The maximum Gasteiger partial charge on any atom is 0.247 e. The van der Waals surface area contributed by atoms with Crippen molar-refractivity contribution >= 4 is 27.1 Å². The van der Waals surface area contributed by atoms with Gasteiger partial charge in [0.15, 0.2) is 5.78 Å². The molecule has 0 amide bonds. The van der Waals surface area contributed by atoms with Crippen LogP contribution in [-0.4, -0.2) is 19.2 Å². The highest BCUT2D eigenvalue weighted by Crippen LogP contribution is 2.21. The second kappa shape index (κ2) is 7.88. The van der Waals surface area contributed by atoms with E-state index in [4.69, 9.17) is 5.14 Å². The van der Waals surface area contributed by atoms with Gasteiger partial charge < -0.3 is 5.32 Å². The lowest BCUT2D eigenvalue weighted by Gasteiger charge is -2.06. The molecule has 0 atom stereocenters. The lowest BCUT2D eigenvalue weighted by atomic mass is 10.0. The van der Waals surface area contributed by atoms with Crippen LogP contribution >= 0.6 is 11.3 Å². The molecule has 0 aliphatic rings. The maximum atomic E-state index is 12.6. The summed E-state index contributed by atoms with van der Waals surface area (Å²) in [6.07, 6.45) is 1.74. The van der Waals surface area contributed by atoms with Crippen molar-refractivity contribution in [2.75, 3.05) is 0 Å². The van der Waals surface area contributed by atoms with Crippen molar-refractivity contribution in [1.29, 1.82) is 0 Å². The van der Waals surface area contributed by atoms with Crippen LogP contribution in [0.2, 0.25) is 0 Å². The average molecular weight is 387 g/mol. The molecule has 0 saturated carbocycles. The van der Waals surface area contributed by atoms with E-state index in [2.05, 4.69) is 10.3 Å². The molecule has 134 valence electrons. The van der Waals surface area contributed by atoms with E-state index < -0.39 is 10.0 Å². The third-order valence-electron chi connectivity index (χ3n) is 3.67. The summed E-state index contributed by atoms with van der Waals surface area (Å²) in [5.74, 6) is -0.234. The predicted octanol–water partition coefficient (Wildman–Crippen LogP) is 2.31. The van der Waals surface area contributed by atoms with Crippen LogP contribution in [0.15, 0.2) is 64.3 Å². The molecule has 2 heterocycles. The number of hydrogen-bond acceptors (Lipinski definition) is 6. The fourth-order valence-electron chi connectivity index (χ4n) is 2.41. The first-order chi connectivity index (χ1) is 12.4. The zero-order valence-electron chi connectivity index (χ0n) is 13.8. The van der Waals surface area contributed by atoms with Gasteiger partial charge in [-0.2, -0.15) is 0 Å². The average Bonchev–Trinajstić information content (AvgIpc) is 3.13. The van der Waals surface area contributed by atoms with Gasteiger partial charge >= 0.3 is 0 Å². The van der Waals surface area contributed by atoms with Crippen molar-refractivity contribution in [3.05, 3.63) is 82.5 Å². The molecule has 0 aliphatic heterocycles. The summed E-state index contributed by atoms with van der Waals surface area (Å²) >= 11 is 0.942. The van der Waals surface area contributed by atoms with Gasteiger partial charge in [0, 0.05) is 35.8 Å². The van der Waals surface area contributed by atoms with Crippen LogP contribution in [-0.2, 0) is 23.1 Å². The van der Waals surface area contributed by atoms with Crippen LogP contribution in [0.1, 0.15) is 27.2 Å². The number of thiophene rings is 1. The number of pyridine rings is 1. The first-order valence-corrected chi connectivity index (χ1v) is 10.2. The number of carbonyl (C=O) groups excluding carboxylic acids is 1. The number of benzene rings is 1. The molecule has 0 saturated heterocycles. The Bertz CT molecular complexity index is 1010. The first kappa shape index (κ1) is 18.4. The van der Waals surface area contributed by atoms with E-state index in [0.717, 1.165) is 22.6 Å². The molecule has 3 N–H and O–H groups in total. The number of nitrogens with one attached hydrogen (secondary N) is 1. The number of rotatable bonds is 7. The lowest BCUT2D eigenvalue weighted by Crippen LogP contribution is -2.14. The van der Waals surface area contributed by atoms with Crippen molar-refractivity contribution in [2.45, 2.75) is 17.3 Å². The SMILES string of the molecule is NS(=O)(=O)c1cc(C(=O)c2cccc(CNCc3ccccn3)c2)cs1. The second-order valence-electron chi connectivity index (χ2n) is 5.65. The summed E-state index contributed by atoms with van der Waals surface area (Å²) in [6, 6.07) is 14.3. The summed E-state index contributed by atoms with van der Waals surface area (Å²) in [5.41, 5.74) is 2.71. The van der Waals surface area contributed by atoms with Gasteiger partial charge in [0.05, 0.1) is 5.69 Å². The van der Waals surface area contributed by atoms with E-state index in [-0.39, 0.29) is 9.99 Å². The van der Waals surface area contributed by atoms with Crippen molar-refractivity contribution in [3.63, 3.8) is 0 Å². The van der Waals surface area contributed by atoms with Gasteiger partial charge in [0.1, 0.15) is 4.21 Å². The highest BCUT2D eigenvalue weighted by molar-refractivity contribution is 7.91. The van der Waals surface area contributed by atoms with Gasteiger partial charge in [-0.1, -0.05) is 24.3 Å². The molecule has 6 nitrogen and oxygen atoms in total. The summed E-state index contributed by atoms with van der Waals surface area (Å²) in [7, 11) is -3.79. The van der Waals surface area contributed by atoms with Crippen LogP contribution in [0, 0.1) is 0 Å². The zero-order chi connectivity index (χ0) is 18.6. The Kier molecular flexibility index (Phi) is 5.58. The molecule has 3 rings (SSSR count). The van der Waals surface area contributed by atoms with Crippen molar-refractivity contribution in [1.82, 2.24) is 10.3 Å². The molecule has 2 aromatic heterocycles. The quantitative estimate of drug-likeness (QED) is 0.606. The van der Waals surface area contributed by atoms with Gasteiger partial charge in [0.2, 0.25) is 10.0 Å². The summed E-state index contributed by atoms with van der Waals surface area (Å²) in [6.45, 7) is 1.21. The fraction of sp³-hybridized carbons (Fsp3) is 0.111. The Hall–Kier alpha value is -2.39. The minimum Gasteiger partial charge on any atom is -0.307 e. The molecule has 1 aromatic carbocycles. The topological polar surface area (TPSA) is 102 Å². The van der Waals surface area contributed by atoms with Gasteiger partial charge in [0.25, 0.3) is 0 Å². The fourth-order valence-corrected chi connectivity index (χ4v) is 4.00. The second-order valence-corrected chi connectivity index (χ2v) is 8.35. The Morgan fingerprint density at radius 1 is 1.08 bits per heavy atom. The summed E-state index contributed by atoms with van der Waals surface area (Å²) in [5, 5.41) is 9.88. The normalized spacial score (nSPS) is 11.4. The van der Waals surface area contributed by atoms with Gasteiger partial charge in [-0.3, -0.25) is 9.78 Å². The number of sulfonamides is 1. The number of ketones is 1. The van der Waals surface area contributed by atoms with Crippen LogP contribution in [0.5, 0.6) is 0 Å². The largest absolute Gasteiger partial charge is 0.307 e. The van der Waals surface area contributed by atoms with Gasteiger partial charge in [-0.05, 0) is 29.8 Å². The van der Waals surface area contributed by atoms with E-state index >= 15 is 0 Å². The van der Waals surface area contributed by atoms with Crippen molar-refractivity contribution in [3.8, 4) is 0 Å². The van der Waals surface area contributed by atoms with E-state index in [0.29, 0.717) is 24.2 Å². The molecule has 0 unspecified atom stereocenters. The molecule has 0 radical (unpaired) electrons. The predicted molar refractivity (Wildman–Crippen MR) is 100 cm³/mol. The number of nitrogens with zero attached hydrogens (tertiary/aromatic N) is 1. The number of hydrogen-bond donors (Lipinski definition) is 2. The standard InChI is InChI=1S/C18H17N3O3S2/c19-26(23,24)17-9-15(12-25-17)18(22)14-5-3-4-13(8-14)10-20-11-16-6-1-2-7-21-16/h1-9,12,20H,10-11H2,(H2,19,23,24). The number of primary sulfonamides is 1. The van der Waals surface area contributed by atoms with Gasteiger partial charge in [-0.15, -0.1) is 11.3 Å². The molecule has 26 heavy (non-hydrogen) atoms. The Morgan fingerprint density at radius 3 is 2.62 bits per heavy atom. The van der Waals surface area contributed by atoms with Crippen LogP contribution in [0.25, 0.3) is 0 Å². The van der Waals surface area contributed by atoms with E-state index in [1.165, 1.54) is 11.4 Å². The highest BCUT2D eigenvalue weighted by Gasteiger charge is 2.16. The van der Waals surface area contributed by atoms with Crippen LogP contribution in [0.3, 0.4) is 0 Å². The monoisotopic (exact) mass is 387 g/mol. The van der Waals surface area contributed by atoms with E-state index in [1.54, 1.807) is 24.4 Å². The maximum absolute atomic E-state index is 12.6. The smallest absolute Gasteiger partial charge is 0.247 e. The number of nitrogens with two attached hydrogens (primary N) is 1. The lowest BCUT2D eigenvalue weighted by molar-refractivity contribution is 0.103. The minimum absolute atomic E-state index is 0.0194. The van der Waals surface area contributed by atoms with E-state index in [9.17, 15) is 13.2 Å². The molecule has 8 heteroatoms. The Morgan fingerprint density at radius 2 is 1.92 bits per heavy atom. The molecule has 3 aromatic rings. The van der Waals surface area contributed by atoms with Crippen LogP contribution in [0.4, 0.5) is 0 Å². The molecule has 0 bridgehead atoms. The molecule has 0 aliphatic carbocycles. The van der Waals surface area contributed by atoms with Crippen molar-refractivity contribution in [2.24, 2.45) is 5.14 Å². The Balaban J connectivity index is 1.68. The number of carbonyl (C=O) groups is 1. The highest BCUT2D eigenvalue weighted by atomic mass is 32.2.